The van der Waals surface area contributed by atoms with Gasteiger partial charge in [0.2, 0.25) is 0 Å². The Morgan fingerprint density at radius 3 is 3.00 bits per heavy atom. The molecule has 2 aromatic rings. The summed E-state index contributed by atoms with van der Waals surface area (Å²) >= 11 is 0. The molecular weight excluding hydrogens is 222 g/mol. The molecule has 0 unspecified atom stereocenters. The molecule has 0 saturated carbocycles. The summed E-state index contributed by atoms with van der Waals surface area (Å²) in [4.78, 5) is 4.27. The van der Waals surface area contributed by atoms with Crippen LogP contribution in [0.25, 0.3) is 10.9 Å². The van der Waals surface area contributed by atoms with Crippen LogP contribution in [0.4, 0.5) is 0 Å². The average molecular weight is 239 g/mol. The SMILES string of the molecule is CC(C)C#CCCOc1ccc2ncccc2c1. The molecule has 18 heavy (non-hydrogen) atoms. The number of fused-ring (bicyclic) bond motifs is 1. The lowest BCUT2D eigenvalue weighted by Crippen LogP contribution is -1.96. The first kappa shape index (κ1) is 12.4. The van der Waals surface area contributed by atoms with Crippen molar-refractivity contribution in [3.63, 3.8) is 0 Å². The zero-order valence-corrected chi connectivity index (χ0v) is 10.8. The number of pyridine rings is 1. The van der Waals surface area contributed by atoms with Crippen molar-refractivity contribution in [1.82, 2.24) is 4.98 Å². The Balaban J connectivity index is 1.94. The fraction of sp³-hybridized carbons (Fsp3) is 0.312. The Bertz CT molecular complexity index is 578. The van der Waals surface area contributed by atoms with E-state index in [9.17, 15) is 0 Å². The van der Waals surface area contributed by atoms with Gasteiger partial charge in [-0.05, 0) is 24.3 Å². The highest BCUT2D eigenvalue weighted by molar-refractivity contribution is 5.79. The number of hydrogen-bond acceptors (Lipinski definition) is 2. The highest BCUT2D eigenvalue weighted by Crippen LogP contribution is 2.18. The van der Waals surface area contributed by atoms with Gasteiger partial charge in [-0.15, -0.1) is 5.92 Å². The predicted molar refractivity (Wildman–Crippen MR) is 74.5 cm³/mol. The lowest BCUT2D eigenvalue weighted by Gasteiger charge is -2.04. The van der Waals surface area contributed by atoms with Crippen molar-refractivity contribution in [2.24, 2.45) is 5.92 Å². The van der Waals surface area contributed by atoms with Gasteiger partial charge in [0, 0.05) is 23.9 Å². The van der Waals surface area contributed by atoms with Crippen LogP contribution in [-0.4, -0.2) is 11.6 Å². The quantitative estimate of drug-likeness (QED) is 0.602. The van der Waals surface area contributed by atoms with Crippen LogP contribution in [0.2, 0.25) is 0 Å². The van der Waals surface area contributed by atoms with Gasteiger partial charge in [-0.3, -0.25) is 4.98 Å². The van der Waals surface area contributed by atoms with Crippen LogP contribution in [0.5, 0.6) is 5.75 Å². The Labute approximate surface area is 108 Å². The largest absolute Gasteiger partial charge is 0.493 e. The second kappa shape index (κ2) is 6.07. The Morgan fingerprint density at radius 1 is 1.28 bits per heavy atom. The van der Waals surface area contributed by atoms with Crippen LogP contribution in [0.1, 0.15) is 20.3 Å². The fourth-order valence-corrected chi connectivity index (χ4v) is 1.64. The van der Waals surface area contributed by atoms with Crippen LogP contribution in [-0.2, 0) is 0 Å². The first-order chi connectivity index (χ1) is 8.75. The highest BCUT2D eigenvalue weighted by Gasteiger charge is 1.97. The van der Waals surface area contributed by atoms with Gasteiger partial charge < -0.3 is 4.74 Å². The van der Waals surface area contributed by atoms with Crippen LogP contribution in [0.15, 0.2) is 36.5 Å². The van der Waals surface area contributed by atoms with Crippen molar-refractivity contribution in [3.05, 3.63) is 36.5 Å². The van der Waals surface area contributed by atoms with E-state index in [0.717, 1.165) is 23.1 Å². The fourth-order valence-electron chi connectivity index (χ4n) is 1.64. The van der Waals surface area contributed by atoms with Gasteiger partial charge in [-0.1, -0.05) is 25.8 Å². The summed E-state index contributed by atoms with van der Waals surface area (Å²) in [5.41, 5.74) is 0.990. The van der Waals surface area contributed by atoms with Crippen molar-refractivity contribution < 1.29 is 4.74 Å². The summed E-state index contributed by atoms with van der Waals surface area (Å²) in [5.74, 6) is 7.53. The first-order valence-electron chi connectivity index (χ1n) is 6.21. The van der Waals surface area contributed by atoms with Gasteiger partial charge in [0.15, 0.2) is 0 Å². The summed E-state index contributed by atoms with van der Waals surface area (Å²) in [7, 11) is 0. The molecular formula is C16H17NO. The predicted octanol–water partition coefficient (Wildman–Crippen LogP) is 3.66. The number of benzene rings is 1. The molecule has 2 heteroatoms. The van der Waals surface area contributed by atoms with E-state index < -0.39 is 0 Å². The van der Waals surface area contributed by atoms with Crippen LogP contribution >= 0.6 is 0 Å². The third kappa shape index (κ3) is 3.49. The molecule has 0 atom stereocenters. The molecule has 1 aromatic heterocycles. The summed E-state index contributed by atoms with van der Waals surface area (Å²) in [6.07, 6.45) is 2.56. The van der Waals surface area contributed by atoms with Gasteiger partial charge in [0.25, 0.3) is 0 Å². The zero-order valence-electron chi connectivity index (χ0n) is 10.8. The maximum atomic E-state index is 5.67. The number of hydrogen-bond donors (Lipinski definition) is 0. The number of rotatable bonds is 3. The number of aromatic nitrogens is 1. The van der Waals surface area contributed by atoms with Gasteiger partial charge >= 0.3 is 0 Å². The van der Waals surface area contributed by atoms with Crippen molar-refractivity contribution in [2.75, 3.05) is 6.61 Å². The van der Waals surface area contributed by atoms with Crippen molar-refractivity contribution in [2.45, 2.75) is 20.3 Å². The van der Waals surface area contributed by atoms with Crippen LogP contribution in [0.3, 0.4) is 0 Å². The molecule has 0 saturated heterocycles. The Kier molecular flexibility index (Phi) is 4.20. The molecule has 0 bridgehead atoms. The monoisotopic (exact) mass is 239 g/mol. The molecule has 2 nitrogen and oxygen atoms in total. The standard InChI is InChI=1S/C16H17NO/c1-13(2)6-3-4-11-18-15-8-9-16-14(12-15)7-5-10-17-16/h5,7-10,12-13H,4,11H2,1-2H3. The lowest BCUT2D eigenvalue weighted by atomic mass is 10.2. The lowest BCUT2D eigenvalue weighted by molar-refractivity contribution is 0.327. The summed E-state index contributed by atoms with van der Waals surface area (Å²) in [6.45, 7) is 4.81. The Morgan fingerprint density at radius 2 is 2.17 bits per heavy atom. The minimum atomic E-state index is 0.428. The first-order valence-corrected chi connectivity index (χ1v) is 6.21. The molecule has 0 fully saturated rings. The third-order valence-corrected chi connectivity index (χ3v) is 2.46. The normalized spacial score (nSPS) is 10.2. The van der Waals surface area contributed by atoms with Gasteiger partial charge in [0.05, 0.1) is 12.1 Å². The molecule has 2 rings (SSSR count). The van der Waals surface area contributed by atoms with E-state index in [4.69, 9.17) is 4.74 Å². The molecule has 0 aliphatic rings. The zero-order chi connectivity index (χ0) is 12.8. The average Bonchev–Trinajstić information content (AvgIpc) is 2.38. The van der Waals surface area contributed by atoms with Crippen molar-refractivity contribution in [3.8, 4) is 17.6 Å². The molecule has 0 radical (unpaired) electrons. The van der Waals surface area contributed by atoms with E-state index in [1.165, 1.54) is 0 Å². The van der Waals surface area contributed by atoms with E-state index in [-0.39, 0.29) is 0 Å². The number of nitrogens with zero attached hydrogens (tertiary/aromatic N) is 1. The second-order valence-electron chi connectivity index (χ2n) is 4.43. The molecule has 0 amide bonds. The van der Waals surface area contributed by atoms with Gasteiger partial charge in [-0.25, -0.2) is 0 Å². The van der Waals surface area contributed by atoms with Crippen LogP contribution in [0, 0.1) is 17.8 Å². The number of ether oxygens (including phenoxy) is 1. The molecule has 1 aromatic carbocycles. The minimum absolute atomic E-state index is 0.428. The van der Waals surface area contributed by atoms with Gasteiger partial charge in [-0.2, -0.15) is 0 Å². The smallest absolute Gasteiger partial charge is 0.120 e. The summed E-state index contributed by atoms with van der Waals surface area (Å²) in [5, 5.41) is 1.10. The van der Waals surface area contributed by atoms with Crippen molar-refractivity contribution >= 4 is 10.9 Å². The molecule has 0 spiro atoms. The Hall–Kier alpha value is -2.01. The second-order valence-corrected chi connectivity index (χ2v) is 4.43. The molecule has 92 valence electrons. The van der Waals surface area contributed by atoms with E-state index in [1.807, 2.05) is 30.3 Å². The minimum Gasteiger partial charge on any atom is -0.493 e. The van der Waals surface area contributed by atoms with E-state index in [2.05, 4.69) is 30.7 Å². The van der Waals surface area contributed by atoms with E-state index in [0.29, 0.717) is 12.5 Å². The van der Waals surface area contributed by atoms with Crippen molar-refractivity contribution in [1.29, 1.82) is 0 Å². The molecule has 1 heterocycles. The topological polar surface area (TPSA) is 22.1 Å². The third-order valence-electron chi connectivity index (χ3n) is 2.46. The maximum absolute atomic E-state index is 5.67. The van der Waals surface area contributed by atoms with E-state index >= 15 is 0 Å². The highest BCUT2D eigenvalue weighted by atomic mass is 16.5. The van der Waals surface area contributed by atoms with E-state index in [1.54, 1.807) is 6.20 Å². The summed E-state index contributed by atoms with van der Waals surface area (Å²) in [6, 6.07) is 9.90. The van der Waals surface area contributed by atoms with Crippen LogP contribution < -0.4 is 4.74 Å². The summed E-state index contributed by atoms with van der Waals surface area (Å²) < 4.78 is 5.67. The maximum Gasteiger partial charge on any atom is 0.120 e. The molecule has 0 N–H and O–H groups in total. The molecule has 0 aliphatic carbocycles. The molecule has 0 aliphatic heterocycles. The van der Waals surface area contributed by atoms with Gasteiger partial charge in [0.1, 0.15) is 5.75 Å².